The van der Waals surface area contributed by atoms with E-state index in [1.54, 1.807) is 29.4 Å². The summed E-state index contributed by atoms with van der Waals surface area (Å²) in [5.41, 5.74) is 1.10. The number of hydrogen-bond acceptors (Lipinski definition) is 10. The maximum atomic E-state index is 12.8. The first-order valence-corrected chi connectivity index (χ1v) is 19.4. The molecule has 3 heterocycles. The van der Waals surface area contributed by atoms with Gasteiger partial charge >= 0.3 is 12.2 Å². The van der Waals surface area contributed by atoms with Crippen LogP contribution in [0.25, 0.3) is 31.6 Å². The van der Waals surface area contributed by atoms with E-state index < -0.39 is 28.4 Å². The van der Waals surface area contributed by atoms with Crippen molar-refractivity contribution in [3.8, 4) is 31.6 Å². The van der Waals surface area contributed by atoms with Gasteiger partial charge in [-0.1, -0.05) is 84.9 Å². The Labute approximate surface area is 317 Å². The van der Waals surface area contributed by atoms with Gasteiger partial charge in [-0.3, -0.25) is 0 Å². The lowest BCUT2D eigenvalue weighted by atomic mass is 9.62. The minimum Gasteiger partial charge on any atom is -0.445 e. The highest BCUT2D eigenvalue weighted by molar-refractivity contribution is 7.23. The predicted octanol–water partition coefficient (Wildman–Crippen LogP) is 8.49. The summed E-state index contributed by atoms with van der Waals surface area (Å²) in [6, 6.07) is 27.7. The third-order valence-electron chi connectivity index (χ3n) is 9.65. The molecular formula is C41H44N4O6S2. The Balaban J connectivity index is 1.10. The molecule has 1 saturated heterocycles. The molecule has 2 amide bonds. The fraction of sp³-hybridized carbons (Fsp3) is 0.366. The van der Waals surface area contributed by atoms with E-state index in [9.17, 15) is 19.8 Å². The zero-order valence-corrected chi connectivity index (χ0v) is 31.9. The number of rotatable bonds is 8. The first-order valence-electron chi connectivity index (χ1n) is 17.8. The molecule has 0 radical (unpaired) electrons. The largest absolute Gasteiger partial charge is 0.445 e. The topological polar surface area (TPSA) is 134 Å². The van der Waals surface area contributed by atoms with Crippen LogP contribution in [0.2, 0.25) is 0 Å². The van der Waals surface area contributed by atoms with E-state index in [1.165, 1.54) is 11.3 Å². The summed E-state index contributed by atoms with van der Waals surface area (Å²) in [6.45, 7) is 8.17. The van der Waals surface area contributed by atoms with Crippen molar-refractivity contribution in [3.63, 3.8) is 0 Å². The van der Waals surface area contributed by atoms with E-state index in [2.05, 4.69) is 22.4 Å². The van der Waals surface area contributed by atoms with Gasteiger partial charge in [0.2, 0.25) is 0 Å². The van der Waals surface area contributed by atoms with Gasteiger partial charge in [0.15, 0.2) is 0 Å². The van der Waals surface area contributed by atoms with Crippen LogP contribution in [0.1, 0.15) is 69.5 Å². The first-order chi connectivity index (χ1) is 25.2. The quantitative estimate of drug-likeness (QED) is 0.144. The minimum absolute atomic E-state index is 0.205. The molecule has 276 valence electrons. The van der Waals surface area contributed by atoms with Gasteiger partial charge in [0.05, 0.1) is 26.6 Å². The molecule has 0 atom stereocenters. The monoisotopic (exact) mass is 752 g/mol. The van der Waals surface area contributed by atoms with E-state index in [0.717, 1.165) is 42.7 Å². The van der Waals surface area contributed by atoms with Crippen molar-refractivity contribution in [2.45, 2.75) is 82.3 Å². The molecule has 1 aliphatic heterocycles. The third-order valence-corrected chi connectivity index (χ3v) is 12.1. The zero-order valence-electron chi connectivity index (χ0n) is 30.3. The van der Waals surface area contributed by atoms with E-state index in [-0.39, 0.29) is 12.7 Å². The molecule has 7 rings (SSSR count). The number of thiazole rings is 2. The lowest BCUT2D eigenvalue weighted by Gasteiger charge is -2.52. The van der Waals surface area contributed by atoms with Gasteiger partial charge in [0.1, 0.15) is 27.8 Å². The molecule has 2 aromatic heterocycles. The maximum Gasteiger partial charge on any atom is 0.410 e. The number of aliphatic hydroxyl groups is 2. The summed E-state index contributed by atoms with van der Waals surface area (Å²) in [5, 5.41) is 26.8. The zero-order chi connectivity index (χ0) is 37.4. The summed E-state index contributed by atoms with van der Waals surface area (Å²) >= 11 is 2.99. The lowest BCUT2D eigenvalue weighted by molar-refractivity contribution is -0.0892. The van der Waals surface area contributed by atoms with Gasteiger partial charge in [-0.05, 0) is 44.4 Å². The summed E-state index contributed by atoms with van der Waals surface area (Å²) in [7, 11) is 0. The van der Waals surface area contributed by atoms with Crippen molar-refractivity contribution in [2.24, 2.45) is 0 Å². The number of piperidine rings is 1. The summed E-state index contributed by atoms with van der Waals surface area (Å²) < 4.78 is 11.1. The van der Waals surface area contributed by atoms with Crippen molar-refractivity contribution in [1.82, 2.24) is 20.2 Å². The molecule has 1 aliphatic carbocycles. The van der Waals surface area contributed by atoms with Crippen molar-refractivity contribution >= 4 is 34.9 Å². The highest BCUT2D eigenvalue weighted by Crippen LogP contribution is 2.49. The highest BCUT2D eigenvalue weighted by atomic mass is 32.1. The molecule has 0 bridgehead atoms. The Kier molecular flexibility index (Phi) is 9.92. The Morgan fingerprint density at radius 1 is 0.887 bits per heavy atom. The van der Waals surface area contributed by atoms with Crippen molar-refractivity contribution in [3.05, 3.63) is 107 Å². The molecule has 2 aliphatic rings. The predicted molar refractivity (Wildman–Crippen MR) is 206 cm³/mol. The van der Waals surface area contributed by atoms with Gasteiger partial charge in [-0.25, -0.2) is 19.6 Å². The maximum absolute atomic E-state index is 12.8. The number of nitrogens with zero attached hydrogens (tertiary/aromatic N) is 3. The Bertz CT molecular complexity index is 2060. The molecule has 10 nitrogen and oxygen atoms in total. The second-order valence-electron chi connectivity index (χ2n) is 15.3. The molecule has 0 unspecified atom stereocenters. The molecule has 3 aromatic carbocycles. The van der Waals surface area contributed by atoms with Crippen LogP contribution in [0.5, 0.6) is 0 Å². The molecule has 5 aromatic rings. The number of carbonyl (C=O) groups excluding carboxylic acids is 2. The third kappa shape index (κ3) is 8.16. The number of likely N-dealkylation sites (tertiary alicyclic amines) is 1. The number of benzene rings is 3. The molecule has 3 N–H and O–H groups in total. The molecule has 1 saturated carbocycles. The van der Waals surface area contributed by atoms with Crippen LogP contribution in [-0.4, -0.2) is 61.6 Å². The van der Waals surface area contributed by atoms with Crippen LogP contribution in [0.3, 0.4) is 0 Å². The van der Waals surface area contributed by atoms with Crippen LogP contribution < -0.4 is 5.32 Å². The number of alkyl carbamates (subject to hydrolysis) is 1. The highest BCUT2D eigenvalue weighted by Gasteiger charge is 2.53. The van der Waals surface area contributed by atoms with Crippen LogP contribution >= 0.6 is 22.7 Å². The van der Waals surface area contributed by atoms with E-state index in [4.69, 9.17) is 14.5 Å². The van der Waals surface area contributed by atoms with E-state index in [1.807, 2.05) is 93.6 Å². The SMILES string of the molecule is CC1(O)CC(NC(=O)OC(C)(C)C)(c2ccc(-c3nc(-c4cnc(C5(O)CCN(C(=O)OCc6ccccc6)CC5)s4)sc3-c3ccccc3)cc2)C1. The standard InChI is InChI=1S/C41H44N4O6S2/c1-38(2,3)51-36(46)44-40(25-39(4,48)26-40)30-17-15-28(16-18-30)32-33(29-13-9-6-10-14-29)53-34(43-32)31-23-42-35(52-31)41(49)19-21-45(22-20-41)37(47)50-24-27-11-7-5-8-12-27/h5-18,23,48-49H,19-22,24-26H2,1-4H3,(H,44,46). The lowest BCUT2D eigenvalue weighted by Crippen LogP contribution is -2.62. The molecular weight excluding hydrogens is 709 g/mol. The van der Waals surface area contributed by atoms with Gasteiger partial charge in [-0.15, -0.1) is 22.7 Å². The van der Waals surface area contributed by atoms with Crippen LogP contribution in [0.4, 0.5) is 9.59 Å². The number of carbonyl (C=O) groups is 2. The van der Waals surface area contributed by atoms with Crippen LogP contribution in [-0.2, 0) is 27.2 Å². The van der Waals surface area contributed by atoms with Gasteiger partial charge in [-0.2, -0.15) is 0 Å². The fourth-order valence-corrected chi connectivity index (χ4v) is 9.33. The minimum atomic E-state index is -1.16. The average Bonchev–Trinajstić information content (AvgIpc) is 3.79. The number of aromatic nitrogens is 2. The summed E-state index contributed by atoms with van der Waals surface area (Å²) in [6.07, 6.45) is 2.30. The second-order valence-corrected chi connectivity index (χ2v) is 17.3. The normalized spacial score (nSPS) is 21.1. The summed E-state index contributed by atoms with van der Waals surface area (Å²) in [5.74, 6) is 0. The van der Waals surface area contributed by atoms with Crippen molar-refractivity contribution in [1.29, 1.82) is 0 Å². The molecule has 53 heavy (non-hydrogen) atoms. The van der Waals surface area contributed by atoms with Crippen LogP contribution in [0.15, 0.2) is 91.1 Å². The van der Waals surface area contributed by atoms with Gasteiger partial charge in [0, 0.05) is 50.5 Å². The van der Waals surface area contributed by atoms with Crippen LogP contribution in [0, 0.1) is 0 Å². The van der Waals surface area contributed by atoms with E-state index in [0.29, 0.717) is 43.8 Å². The Morgan fingerprint density at radius 2 is 1.53 bits per heavy atom. The Morgan fingerprint density at radius 3 is 2.15 bits per heavy atom. The Hall–Kier alpha value is -4.62. The van der Waals surface area contributed by atoms with Gasteiger partial charge < -0.3 is 29.9 Å². The molecule has 0 spiro atoms. The average molecular weight is 753 g/mol. The molecule has 12 heteroatoms. The number of nitrogens with one attached hydrogen (secondary N) is 1. The number of ether oxygens (including phenoxy) is 2. The number of hydrogen-bond donors (Lipinski definition) is 3. The fourth-order valence-electron chi connectivity index (χ4n) is 7.14. The number of amides is 2. The smallest absolute Gasteiger partial charge is 0.410 e. The van der Waals surface area contributed by atoms with Crippen molar-refractivity contribution < 1.29 is 29.3 Å². The van der Waals surface area contributed by atoms with Gasteiger partial charge in [0.25, 0.3) is 0 Å². The van der Waals surface area contributed by atoms with Crippen molar-refractivity contribution in [2.75, 3.05) is 13.1 Å². The summed E-state index contributed by atoms with van der Waals surface area (Å²) in [4.78, 5) is 38.9. The second kappa shape index (κ2) is 14.3. The first kappa shape index (κ1) is 36.7. The molecule has 2 fully saturated rings. The van der Waals surface area contributed by atoms with E-state index >= 15 is 0 Å².